The fourth-order valence-corrected chi connectivity index (χ4v) is 2.53. The lowest BCUT2D eigenvalue weighted by molar-refractivity contribution is 0.994. The molecule has 0 spiro atoms. The number of rotatable bonds is 3. The molecule has 1 fully saturated rings. The van der Waals surface area contributed by atoms with Crippen LogP contribution in [0, 0.1) is 0 Å². The van der Waals surface area contributed by atoms with Gasteiger partial charge in [0.05, 0.1) is 5.02 Å². The fraction of sp³-hybridized carbons (Fsp3) is 0.286. The Morgan fingerprint density at radius 3 is 2.74 bits per heavy atom. The molecule has 0 atom stereocenters. The molecule has 2 aromatic rings. The van der Waals surface area contributed by atoms with Crippen LogP contribution in [-0.4, -0.2) is 17.0 Å². The third-order valence-corrected chi connectivity index (χ3v) is 3.99. The summed E-state index contributed by atoms with van der Waals surface area (Å²) >= 11 is 9.71. The van der Waals surface area contributed by atoms with Crippen molar-refractivity contribution >= 4 is 33.3 Å². The van der Waals surface area contributed by atoms with Gasteiger partial charge in [0.1, 0.15) is 5.82 Å². The third kappa shape index (κ3) is 2.74. The van der Waals surface area contributed by atoms with E-state index < -0.39 is 0 Å². The first-order valence-corrected chi connectivity index (χ1v) is 7.36. The molecule has 1 N–H and O–H groups in total. The van der Waals surface area contributed by atoms with Crippen molar-refractivity contribution < 1.29 is 0 Å². The van der Waals surface area contributed by atoms with Gasteiger partial charge in [-0.25, -0.2) is 9.97 Å². The average molecular weight is 339 g/mol. The fourth-order valence-electron chi connectivity index (χ4n) is 1.97. The zero-order valence-electron chi connectivity index (χ0n) is 10.5. The van der Waals surface area contributed by atoms with Gasteiger partial charge in [-0.15, -0.1) is 0 Å². The Labute approximate surface area is 125 Å². The summed E-state index contributed by atoms with van der Waals surface area (Å²) in [4.78, 5) is 9.17. The Kier molecular flexibility index (Phi) is 3.46. The molecule has 1 aliphatic carbocycles. The van der Waals surface area contributed by atoms with Crippen molar-refractivity contribution in [1.29, 1.82) is 0 Å². The molecule has 5 heteroatoms. The molecule has 0 aliphatic heterocycles. The molecule has 3 nitrogen and oxygen atoms in total. The van der Waals surface area contributed by atoms with Crippen molar-refractivity contribution in [2.45, 2.75) is 18.8 Å². The number of benzene rings is 1. The van der Waals surface area contributed by atoms with Crippen LogP contribution in [0.5, 0.6) is 0 Å². The van der Waals surface area contributed by atoms with Gasteiger partial charge < -0.3 is 5.32 Å². The van der Waals surface area contributed by atoms with Gasteiger partial charge in [-0.2, -0.15) is 0 Å². The first-order chi connectivity index (χ1) is 9.17. The highest BCUT2D eigenvalue weighted by atomic mass is 79.9. The predicted molar refractivity (Wildman–Crippen MR) is 81.7 cm³/mol. The average Bonchev–Trinajstić information content (AvgIpc) is 3.25. The van der Waals surface area contributed by atoms with Gasteiger partial charge in [0.15, 0.2) is 5.82 Å². The third-order valence-electron chi connectivity index (χ3n) is 3.17. The van der Waals surface area contributed by atoms with Crippen LogP contribution in [0.1, 0.15) is 24.5 Å². The van der Waals surface area contributed by atoms with E-state index in [1.165, 1.54) is 12.8 Å². The largest absolute Gasteiger partial charge is 0.373 e. The molecule has 1 saturated carbocycles. The second-order valence-corrected chi connectivity index (χ2v) is 5.97. The van der Waals surface area contributed by atoms with Crippen molar-refractivity contribution in [2.75, 3.05) is 12.4 Å². The van der Waals surface area contributed by atoms with Crippen LogP contribution in [0.25, 0.3) is 11.4 Å². The van der Waals surface area contributed by atoms with E-state index in [0.717, 1.165) is 21.5 Å². The molecule has 1 aromatic carbocycles. The van der Waals surface area contributed by atoms with E-state index in [9.17, 15) is 0 Å². The van der Waals surface area contributed by atoms with E-state index in [1.807, 2.05) is 31.3 Å². The molecule has 98 valence electrons. The Bertz CT molecular complexity index is 626. The van der Waals surface area contributed by atoms with E-state index >= 15 is 0 Å². The standard InChI is InChI=1S/C14H13BrClN3/c1-17-13-7-12(8-2-3-8)18-14(19-13)10-6-9(15)4-5-11(10)16/h4-8H,2-3H2,1H3,(H,17,18,19). The van der Waals surface area contributed by atoms with Gasteiger partial charge in [0, 0.05) is 34.8 Å². The lowest BCUT2D eigenvalue weighted by atomic mass is 10.2. The van der Waals surface area contributed by atoms with Crippen LogP contribution in [0.15, 0.2) is 28.7 Å². The summed E-state index contributed by atoms with van der Waals surface area (Å²) in [6, 6.07) is 7.74. The minimum atomic E-state index is 0.583. The van der Waals surface area contributed by atoms with Crippen LogP contribution < -0.4 is 5.32 Å². The number of hydrogen-bond acceptors (Lipinski definition) is 3. The van der Waals surface area contributed by atoms with Crippen molar-refractivity contribution in [3.63, 3.8) is 0 Å². The molecule has 3 rings (SSSR count). The van der Waals surface area contributed by atoms with Gasteiger partial charge in [0.2, 0.25) is 0 Å². The van der Waals surface area contributed by atoms with E-state index in [-0.39, 0.29) is 0 Å². The molecule has 0 amide bonds. The van der Waals surface area contributed by atoms with Crippen molar-refractivity contribution in [3.05, 3.63) is 39.5 Å². The van der Waals surface area contributed by atoms with Crippen LogP contribution in [0.2, 0.25) is 5.02 Å². The number of nitrogens with zero attached hydrogens (tertiary/aromatic N) is 2. The monoisotopic (exact) mass is 337 g/mol. The molecule has 1 aromatic heterocycles. The summed E-state index contributed by atoms with van der Waals surface area (Å²) in [7, 11) is 1.87. The van der Waals surface area contributed by atoms with Crippen LogP contribution in [-0.2, 0) is 0 Å². The van der Waals surface area contributed by atoms with E-state index in [4.69, 9.17) is 11.6 Å². The smallest absolute Gasteiger partial charge is 0.163 e. The Morgan fingerprint density at radius 2 is 2.05 bits per heavy atom. The molecular weight excluding hydrogens is 326 g/mol. The second kappa shape index (κ2) is 5.10. The highest BCUT2D eigenvalue weighted by Gasteiger charge is 2.26. The summed E-state index contributed by atoms with van der Waals surface area (Å²) in [5.41, 5.74) is 1.96. The van der Waals surface area contributed by atoms with Gasteiger partial charge in [0.25, 0.3) is 0 Å². The van der Waals surface area contributed by atoms with Crippen molar-refractivity contribution in [1.82, 2.24) is 9.97 Å². The summed E-state index contributed by atoms with van der Waals surface area (Å²) in [5, 5.41) is 3.75. The first kappa shape index (κ1) is 12.9. The Morgan fingerprint density at radius 1 is 1.26 bits per heavy atom. The number of hydrogen-bond donors (Lipinski definition) is 1. The highest BCUT2D eigenvalue weighted by molar-refractivity contribution is 9.10. The second-order valence-electron chi connectivity index (χ2n) is 4.65. The number of halogens is 2. The van der Waals surface area contributed by atoms with Gasteiger partial charge in [-0.3, -0.25) is 0 Å². The van der Waals surface area contributed by atoms with Crippen molar-refractivity contribution in [2.24, 2.45) is 0 Å². The molecule has 0 radical (unpaired) electrons. The minimum absolute atomic E-state index is 0.583. The lowest BCUT2D eigenvalue weighted by Gasteiger charge is -2.09. The Hall–Kier alpha value is -1.13. The highest BCUT2D eigenvalue weighted by Crippen LogP contribution is 2.40. The summed E-state index contributed by atoms with van der Waals surface area (Å²) in [5.74, 6) is 2.10. The predicted octanol–water partition coefficient (Wildman–Crippen LogP) is 4.48. The number of anilines is 1. The maximum absolute atomic E-state index is 6.25. The molecular formula is C14H13BrClN3. The minimum Gasteiger partial charge on any atom is -0.373 e. The van der Waals surface area contributed by atoms with Crippen LogP contribution in [0.4, 0.5) is 5.82 Å². The summed E-state index contributed by atoms with van der Waals surface area (Å²) < 4.78 is 0.971. The van der Waals surface area contributed by atoms with Crippen LogP contribution >= 0.6 is 27.5 Å². The van der Waals surface area contributed by atoms with E-state index in [1.54, 1.807) is 0 Å². The zero-order valence-corrected chi connectivity index (χ0v) is 12.8. The van der Waals surface area contributed by atoms with Gasteiger partial charge in [-0.05, 0) is 31.0 Å². The van der Waals surface area contributed by atoms with E-state index in [2.05, 4.69) is 31.2 Å². The first-order valence-electron chi connectivity index (χ1n) is 6.19. The molecule has 0 saturated heterocycles. The summed E-state index contributed by atoms with van der Waals surface area (Å²) in [6.07, 6.45) is 2.43. The van der Waals surface area contributed by atoms with Crippen molar-refractivity contribution in [3.8, 4) is 11.4 Å². The molecule has 1 heterocycles. The maximum atomic E-state index is 6.25. The van der Waals surface area contributed by atoms with E-state index in [0.29, 0.717) is 16.8 Å². The van der Waals surface area contributed by atoms with Gasteiger partial charge >= 0.3 is 0 Å². The quantitative estimate of drug-likeness (QED) is 0.896. The molecule has 19 heavy (non-hydrogen) atoms. The number of aromatic nitrogens is 2. The lowest BCUT2D eigenvalue weighted by Crippen LogP contribution is -2.00. The topological polar surface area (TPSA) is 37.8 Å². The van der Waals surface area contributed by atoms with Gasteiger partial charge in [-0.1, -0.05) is 27.5 Å². The SMILES string of the molecule is CNc1cc(C2CC2)nc(-c2cc(Br)ccc2Cl)n1. The molecule has 1 aliphatic rings. The zero-order chi connectivity index (χ0) is 13.4. The summed E-state index contributed by atoms with van der Waals surface area (Å²) in [6.45, 7) is 0. The Balaban J connectivity index is 2.12. The molecule has 0 unspecified atom stereocenters. The normalized spacial score (nSPS) is 14.5. The molecule has 0 bridgehead atoms. The van der Waals surface area contributed by atoms with Crippen LogP contribution in [0.3, 0.4) is 0 Å². The number of nitrogens with one attached hydrogen (secondary N) is 1. The maximum Gasteiger partial charge on any atom is 0.163 e.